The van der Waals surface area contributed by atoms with Gasteiger partial charge < -0.3 is 9.31 Å². The Morgan fingerprint density at radius 3 is 2.19 bits per heavy atom. The number of hydrogen-bond acceptors (Lipinski definition) is 5. The van der Waals surface area contributed by atoms with Gasteiger partial charge in [-0.1, -0.05) is 43.2 Å². The van der Waals surface area contributed by atoms with Gasteiger partial charge in [0.25, 0.3) is 0 Å². The first-order chi connectivity index (χ1) is 16.8. The lowest BCUT2D eigenvalue weighted by molar-refractivity contribution is 0.00578. The number of piperidine rings is 1. The van der Waals surface area contributed by atoms with Crippen LogP contribution in [0.3, 0.4) is 0 Å². The lowest BCUT2D eigenvalue weighted by Gasteiger charge is -2.42. The minimum atomic E-state index is -1.31. The van der Waals surface area contributed by atoms with Crippen LogP contribution in [-0.2, 0) is 26.8 Å². The number of nitrogens with one attached hydrogen (secondary N) is 1. The van der Waals surface area contributed by atoms with Crippen molar-refractivity contribution in [3.8, 4) is 6.07 Å². The maximum absolute atomic E-state index is 13.2. The number of benzene rings is 1. The number of rotatable bonds is 10. The third kappa shape index (κ3) is 7.20. The highest BCUT2D eigenvalue weighted by molar-refractivity contribution is 7.84. The molecule has 2 heterocycles. The van der Waals surface area contributed by atoms with Crippen LogP contribution in [0.2, 0.25) is 6.32 Å². The molecule has 2 aliphatic rings. The van der Waals surface area contributed by atoms with Crippen LogP contribution >= 0.6 is 0 Å². The SMILES string of the molecule is CC(C)(C)[S@@](=O)N[C@](C#N)(CCCCB1OC(C)(C)C(C)(C)O1)C1CCN(Cc2ccccc2)CC1. The van der Waals surface area contributed by atoms with Crippen molar-refractivity contribution < 1.29 is 13.5 Å². The molecule has 2 atom stereocenters. The van der Waals surface area contributed by atoms with E-state index < -0.39 is 21.3 Å². The number of likely N-dealkylation sites (tertiary alicyclic amines) is 1. The van der Waals surface area contributed by atoms with Crippen LogP contribution in [-0.4, -0.2) is 50.8 Å². The third-order valence-corrected chi connectivity index (χ3v) is 9.79. The van der Waals surface area contributed by atoms with Gasteiger partial charge in [-0.2, -0.15) is 5.26 Å². The topological polar surface area (TPSA) is 74.6 Å². The molecule has 1 N–H and O–H groups in total. The summed E-state index contributed by atoms with van der Waals surface area (Å²) in [5.41, 5.74) is -0.135. The second-order valence-electron chi connectivity index (χ2n) is 12.5. The van der Waals surface area contributed by atoms with Gasteiger partial charge in [0.1, 0.15) is 5.54 Å². The van der Waals surface area contributed by atoms with Crippen LogP contribution in [0.25, 0.3) is 0 Å². The smallest absolute Gasteiger partial charge is 0.403 e. The summed E-state index contributed by atoms with van der Waals surface area (Å²) in [6.45, 7) is 17.0. The number of unbranched alkanes of at least 4 members (excludes halogenated alkanes) is 1. The molecule has 0 saturated carbocycles. The molecule has 6 nitrogen and oxygen atoms in total. The molecular weight excluding hydrogens is 469 g/mol. The van der Waals surface area contributed by atoms with Gasteiger partial charge in [-0.25, -0.2) is 8.93 Å². The zero-order valence-electron chi connectivity index (χ0n) is 23.4. The Bertz CT molecular complexity index is 904. The van der Waals surface area contributed by atoms with E-state index in [1.165, 1.54) is 5.56 Å². The van der Waals surface area contributed by atoms with Gasteiger partial charge >= 0.3 is 7.12 Å². The molecule has 0 radical (unpaired) electrons. The zero-order chi connectivity index (χ0) is 26.6. The van der Waals surface area contributed by atoms with Gasteiger partial charge in [-0.15, -0.1) is 0 Å². The third-order valence-electron chi connectivity index (χ3n) is 8.13. The van der Waals surface area contributed by atoms with E-state index in [-0.39, 0.29) is 24.2 Å². The van der Waals surface area contributed by atoms with Crippen molar-refractivity contribution in [2.75, 3.05) is 13.1 Å². The highest BCUT2D eigenvalue weighted by Crippen LogP contribution is 2.39. The number of hydrogen-bond donors (Lipinski definition) is 1. The zero-order valence-corrected chi connectivity index (χ0v) is 24.2. The van der Waals surface area contributed by atoms with Gasteiger partial charge in [0.05, 0.1) is 33.0 Å². The molecule has 0 unspecified atom stereocenters. The standard InChI is InChI=1S/C28H46BN3O3S/c1-25(2,3)36(33)31-28(22-30,17-11-12-18-29-34-26(4,5)27(6,7)35-29)24-15-19-32(20-16-24)21-23-13-9-8-10-14-23/h8-10,13-14,24,31H,11-12,15-21H2,1-7H3/t28-,36+/m0/s1. The number of nitrogens with zero attached hydrogens (tertiary/aromatic N) is 2. The Hall–Kier alpha value is -1.24. The minimum Gasteiger partial charge on any atom is -0.403 e. The molecule has 2 fully saturated rings. The summed E-state index contributed by atoms with van der Waals surface area (Å²) < 4.78 is 28.4. The lowest BCUT2D eigenvalue weighted by Crippen LogP contribution is -2.56. The monoisotopic (exact) mass is 515 g/mol. The van der Waals surface area contributed by atoms with E-state index in [4.69, 9.17) is 9.31 Å². The molecule has 36 heavy (non-hydrogen) atoms. The van der Waals surface area contributed by atoms with Gasteiger partial charge in [0, 0.05) is 6.54 Å². The van der Waals surface area contributed by atoms with Crippen LogP contribution in [0.5, 0.6) is 0 Å². The van der Waals surface area contributed by atoms with E-state index in [9.17, 15) is 9.47 Å². The molecule has 0 aliphatic carbocycles. The van der Waals surface area contributed by atoms with E-state index in [0.29, 0.717) is 6.42 Å². The quantitative estimate of drug-likeness (QED) is 0.330. The Kier molecular flexibility index (Phi) is 9.49. The first kappa shape index (κ1) is 29.3. The van der Waals surface area contributed by atoms with E-state index in [2.05, 4.69) is 67.7 Å². The molecule has 2 aliphatic heterocycles. The van der Waals surface area contributed by atoms with Crippen molar-refractivity contribution in [1.82, 2.24) is 9.62 Å². The Labute approximate surface area is 222 Å². The van der Waals surface area contributed by atoms with Crippen molar-refractivity contribution in [3.63, 3.8) is 0 Å². The summed E-state index contributed by atoms with van der Waals surface area (Å²) in [5, 5.41) is 10.5. The minimum absolute atomic E-state index is 0.165. The predicted octanol–water partition coefficient (Wildman–Crippen LogP) is 5.48. The van der Waals surface area contributed by atoms with Crippen LogP contribution < -0.4 is 4.72 Å². The van der Waals surface area contributed by atoms with E-state index in [0.717, 1.165) is 51.6 Å². The average molecular weight is 516 g/mol. The fourth-order valence-corrected chi connectivity index (χ4v) is 6.00. The van der Waals surface area contributed by atoms with Gasteiger partial charge in [-0.05, 0) is 98.6 Å². The van der Waals surface area contributed by atoms with E-state index in [1.807, 2.05) is 26.8 Å². The second-order valence-corrected chi connectivity index (χ2v) is 14.5. The van der Waals surface area contributed by atoms with Crippen molar-refractivity contribution in [1.29, 1.82) is 5.26 Å². The fourth-order valence-electron chi connectivity index (χ4n) is 5.05. The molecule has 1 aromatic carbocycles. The molecule has 8 heteroatoms. The van der Waals surface area contributed by atoms with Crippen LogP contribution in [0.4, 0.5) is 0 Å². The maximum Gasteiger partial charge on any atom is 0.457 e. The molecular formula is C28H46BN3O3S. The van der Waals surface area contributed by atoms with Gasteiger partial charge in [0.15, 0.2) is 0 Å². The largest absolute Gasteiger partial charge is 0.457 e. The highest BCUT2D eigenvalue weighted by atomic mass is 32.2. The van der Waals surface area contributed by atoms with Crippen LogP contribution in [0.15, 0.2) is 30.3 Å². The molecule has 2 saturated heterocycles. The molecule has 200 valence electrons. The van der Waals surface area contributed by atoms with Gasteiger partial charge in [0.2, 0.25) is 0 Å². The molecule has 0 spiro atoms. The number of nitriles is 1. The average Bonchev–Trinajstić information content (AvgIpc) is 3.02. The fraction of sp³-hybridized carbons (Fsp3) is 0.750. The Morgan fingerprint density at radius 1 is 1.08 bits per heavy atom. The maximum atomic E-state index is 13.2. The summed E-state index contributed by atoms with van der Waals surface area (Å²) in [5.74, 6) is 0.165. The second kappa shape index (κ2) is 11.7. The van der Waals surface area contributed by atoms with Crippen molar-refractivity contribution in [2.45, 2.75) is 115 Å². The summed E-state index contributed by atoms with van der Waals surface area (Å²) in [7, 11) is -1.53. The van der Waals surface area contributed by atoms with Crippen molar-refractivity contribution in [2.24, 2.45) is 5.92 Å². The van der Waals surface area contributed by atoms with Crippen molar-refractivity contribution >= 4 is 18.1 Å². The summed E-state index contributed by atoms with van der Waals surface area (Å²) in [6, 6.07) is 13.2. The summed E-state index contributed by atoms with van der Waals surface area (Å²) in [6.07, 6.45) is 5.07. The normalized spacial score (nSPS) is 23.2. The first-order valence-corrected chi connectivity index (χ1v) is 14.7. The molecule has 0 amide bonds. The van der Waals surface area contributed by atoms with Gasteiger partial charge in [-0.3, -0.25) is 4.90 Å². The molecule has 0 bridgehead atoms. The van der Waals surface area contributed by atoms with Crippen molar-refractivity contribution in [3.05, 3.63) is 35.9 Å². The van der Waals surface area contributed by atoms with E-state index >= 15 is 0 Å². The first-order valence-electron chi connectivity index (χ1n) is 13.5. The van der Waals surface area contributed by atoms with Crippen LogP contribution in [0.1, 0.15) is 86.1 Å². The molecule has 0 aromatic heterocycles. The predicted molar refractivity (Wildman–Crippen MR) is 149 cm³/mol. The lowest BCUT2D eigenvalue weighted by atomic mass is 9.75. The van der Waals surface area contributed by atoms with E-state index in [1.54, 1.807) is 0 Å². The van der Waals surface area contributed by atoms with Crippen LogP contribution in [0, 0.1) is 17.2 Å². The molecule has 1 aromatic rings. The Morgan fingerprint density at radius 2 is 1.67 bits per heavy atom. The summed E-state index contributed by atoms with van der Waals surface area (Å²) >= 11 is 0. The summed E-state index contributed by atoms with van der Waals surface area (Å²) in [4.78, 5) is 2.47. The highest BCUT2D eigenvalue weighted by Gasteiger charge is 2.50. The molecule has 3 rings (SSSR count). The Balaban J connectivity index is 1.62.